The van der Waals surface area contributed by atoms with Crippen LogP contribution in [0.2, 0.25) is 5.02 Å². The normalized spacial score (nSPS) is 16.4. The first-order valence-corrected chi connectivity index (χ1v) is 15.3. The molecule has 1 amide bonds. The molecule has 0 unspecified atom stereocenters. The average Bonchev–Trinajstić information content (AvgIpc) is 3.60. The molecule has 0 saturated carbocycles. The van der Waals surface area contributed by atoms with Crippen LogP contribution in [-0.4, -0.2) is 71.0 Å². The van der Waals surface area contributed by atoms with E-state index in [4.69, 9.17) is 38.4 Å². The lowest BCUT2D eigenvalue weighted by Crippen LogP contribution is -2.30. The van der Waals surface area contributed by atoms with Gasteiger partial charge in [-0.2, -0.15) is 0 Å². The molecule has 7 nitrogen and oxygen atoms in total. The largest absolute Gasteiger partial charge is 0.497 e. The zero-order valence-corrected chi connectivity index (χ0v) is 25.6. The minimum atomic E-state index is -0.971. The fourth-order valence-electron chi connectivity index (χ4n) is 5.00. The van der Waals surface area contributed by atoms with Crippen LogP contribution in [-0.2, 0) is 11.2 Å². The highest BCUT2D eigenvalue weighted by atomic mass is 35.5. The molecular formula is C32H31ClN2O5S2. The molecule has 0 spiro atoms. The van der Waals surface area contributed by atoms with Crippen molar-refractivity contribution in [2.45, 2.75) is 19.3 Å². The van der Waals surface area contributed by atoms with Crippen molar-refractivity contribution in [2.75, 3.05) is 39.9 Å². The van der Waals surface area contributed by atoms with Crippen molar-refractivity contribution in [3.05, 3.63) is 87.3 Å². The standard InChI is InChI=1S/C32H31ClN2O5S2/c1-39-25-9-10-26(27(33)20-25)23-8-11-28(40-17-16-34-13-2-3-14-34)24(18-23)19-29-30(36)35(32(41)42-29)15-12-21-4-6-22(7-5-21)31(37)38/h4-11,18-20H,2-3,12-17H2,1H3,(H,37,38)/b29-19-. The van der Waals surface area contributed by atoms with E-state index in [-0.39, 0.29) is 11.5 Å². The van der Waals surface area contributed by atoms with Gasteiger partial charge in [-0.15, -0.1) is 0 Å². The number of hydrogen-bond acceptors (Lipinski definition) is 7. The van der Waals surface area contributed by atoms with Crippen molar-refractivity contribution >= 4 is 57.9 Å². The van der Waals surface area contributed by atoms with Crippen molar-refractivity contribution < 1.29 is 24.2 Å². The van der Waals surface area contributed by atoms with Crippen molar-refractivity contribution in [3.63, 3.8) is 0 Å². The molecular weight excluding hydrogens is 592 g/mol. The molecule has 2 saturated heterocycles. The van der Waals surface area contributed by atoms with Crippen LogP contribution in [0.1, 0.15) is 34.3 Å². The highest BCUT2D eigenvalue weighted by Crippen LogP contribution is 2.38. The zero-order chi connectivity index (χ0) is 29.6. The van der Waals surface area contributed by atoms with Crippen LogP contribution in [0.4, 0.5) is 0 Å². The third kappa shape index (κ3) is 7.15. The Bertz CT molecular complexity index is 1520. The predicted octanol–water partition coefficient (Wildman–Crippen LogP) is 6.63. The molecule has 10 heteroatoms. The highest BCUT2D eigenvalue weighted by Gasteiger charge is 2.32. The topological polar surface area (TPSA) is 79.3 Å². The van der Waals surface area contributed by atoms with Gasteiger partial charge in [0.2, 0.25) is 0 Å². The monoisotopic (exact) mass is 622 g/mol. The van der Waals surface area contributed by atoms with Crippen LogP contribution < -0.4 is 9.47 Å². The number of thioether (sulfide) groups is 1. The van der Waals surface area contributed by atoms with Crippen molar-refractivity contribution in [1.29, 1.82) is 0 Å². The van der Waals surface area contributed by atoms with E-state index < -0.39 is 5.97 Å². The number of nitrogens with zero attached hydrogens (tertiary/aromatic N) is 2. The molecule has 3 aromatic carbocycles. The number of amides is 1. The Morgan fingerprint density at radius 3 is 2.52 bits per heavy atom. The van der Waals surface area contributed by atoms with Crippen LogP contribution in [0.3, 0.4) is 0 Å². The number of carbonyl (C=O) groups is 2. The van der Waals surface area contributed by atoms with E-state index in [9.17, 15) is 9.59 Å². The molecule has 1 N–H and O–H groups in total. The Balaban J connectivity index is 1.37. The molecule has 3 aromatic rings. The second-order valence-electron chi connectivity index (χ2n) is 10.1. The minimum absolute atomic E-state index is 0.164. The number of carbonyl (C=O) groups excluding carboxylic acids is 1. The number of benzene rings is 3. The number of likely N-dealkylation sites (tertiary alicyclic amines) is 1. The van der Waals surface area contributed by atoms with Crippen LogP contribution >= 0.6 is 35.6 Å². The molecule has 5 rings (SSSR count). The highest BCUT2D eigenvalue weighted by molar-refractivity contribution is 8.26. The number of thiocarbonyl (C=S) groups is 1. The third-order valence-electron chi connectivity index (χ3n) is 7.35. The van der Waals surface area contributed by atoms with E-state index in [0.29, 0.717) is 45.3 Å². The van der Waals surface area contributed by atoms with Gasteiger partial charge < -0.3 is 14.6 Å². The Kier molecular flexibility index (Phi) is 9.84. The summed E-state index contributed by atoms with van der Waals surface area (Å²) in [5, 5.41) is 9.69. The number of carboxylic acid groups (broad SMARTS) is 1. The first-order chi connectivity index (χ1) is 20.3. The molecule has 218 valence electrons. The summed E-state index contributed by atoms with van der Waals surface area (Å²) in [7, 11) is 1.60. The predicted molar refractivity (Wildman–Crippen MR) is 172 cm³/mol. The van der Waals surface area contributed by atoms with Gasteiger partial charge in [-0.05, 0) is 92.0 Å². The minimum Gasteiger partial charge on any atom is -0.497 e. The van der Waals surface area contributed by atoms with E-state index in [0.717, 1.165) is 41.9 Å². The first kappa shape index (κ1) is 30.1. The molecule has 0 bridgehead atoms. The Morgan fingerprint density at radius 2 is 1.83 bits per heavy atom. The quantitative estimate of drug-likeness (QED) is 0.189. The fraction of sp³-hybridized carbons (Fsp3) is 0.281. The second-order valence-corrected chi connectivity index (χ2v) is 12.2. The van der Waals surface area contributed by atoms with Gasteiger partial charge in [0, 0.05) is 24.2 Å². The maximum Gasteiger partial charge on any atom is 0.335 e. The number of carboxylic acids is 1. The first-order valence-electron chi connectivity index (χ1n) is 13.7. The summed E-state index contributed by atoms with van der Waals surface area (Å²) in [5.74, 6) is 0.225. The van der Waals surface area contributed by atoms with Gasteiger partial charge in [-0.1, -0.05) is 53.8 Å². The van der Waals surface area contributed by atoms with Crippen LogP contribution in [0, 0.1) is 0 Å². The molecule has 0 radical (unpaired) electrons. The summed E-state index contributed by atoms with van der Waals surface area (Å²) in [4.78, 5) is 29.1. The number of rotatable bonds is 11. The molecule has 0 aliphatic carbocycles. The fourth-order valence-corrected chi connectivity index (χ4v) is 6.58. The van der Waals surface area contributed by atoms with Gasteiger partial charge in [-0.3, -0.25) is 14.6 Å². The van der Waals surface area contributed by atoms with Gasteiger partial charge in [-0.25, -0.2) is 4.79 Å². The summed E-state index contributed by atoms with van der Waals surface area (Å²) in [6, 6.07) is 18.1. The van der Waals surface area contributed by atoms with Crippen molar-refractivity contribution in [2.24, 2.45) is 0 Å². The molecule has 2 fully saturated rings. The maximum atomic E-state index is 13.5. The van der Waals surface area contributed by atoms with E-state index in [1.807, 2.05) is 36.4 Å². The molecule has 2 aliphatic heterocycles. The molecule has 2 aliphatic rings. The summed E-state index contributed by atoms with van der Waals surface area (Å²) < 4.78 is 12.0. The summed E-state index contributed by atoms with van der Waals surface area (Å²) >= 11 is 13.4. The Hall–Kier alpha value is -3.37. The molecule has 0 aromatic heterocycles. The third-order valence-corrected chi connectivity index (χ3v) is 9.04. The van der Waals surface area contributed by atoms with Gasteiger partial charge in [0.1, 0.15) is 22.4 Å². The van der Waals surface area contributed by atoms with E-state index >= 15 is 0 Å². The van der Waals surface area contributed by atoms with E-state index in [2.05, 4.69) is 4.90 Å². The van der Waals surface area contributed by atoms with Gasteiger partial charge >= 0.3 is 5.97 Å². The average molecular weight is 623 g/mol. The van der Waals surface area contributed by atoms with Gasteiger partial charge in [0.25, 0.3) is 5.91 Å². The van der Waals surface area contributed by atoms with Crippen molar-refractivity contribution in [1.82, 2.24) is 9.80 Å². The summed E-state index contributed by atoms with van der Waals surface area (Å²) in [6.45, 7) is 3.98. The summed E-state index contributed by atoms with van der Waals surface area (Å²) in [5.41, 5.74) is 3.66. The lowest BCUT2D eigenvalue weighted by atomic mass is 10.0. The zero-order valence-electron chi connectivity index (χ0n) is 23.2. The summed E-state index contributed by atoms with van der Waals surface area (Å²) in [6.07, 6.45) is 4.83. The lowest BCUT2D eigenvalue weighted by molar-refractivity contribution is -0.122. The van der Waals surface area contributed by atoms with Crippen LogP contribution in [0.25, 0.3) is 17.2 Å². The Labute approximate surface area is 260 Å². The van der Waals surface area contributed by atoms with Gasteiger partial charge in [0.15, 0.2) is 0 Å². The van der Waals surface area contributed by atoms with Crippen LogP contribution in [0.15, 0.2) is 65.6 Å². The SMILES string of the molecule is COc1ccc(-c2ccc(OCCN3CCCC3)c(/C=C3\SC(=S)N(CCc4ccc(C(=O)O)cc4)C3=O)c2)c(Cl)c1. The second kappa shape index (κ2) is 13.7. The van der Waals surface area contributed by atoms with Gasteiger partial charge in [0.05, 0.1) is 22.6 Å². The van der Waals surface area contributed by atoms with E-state index in [1.165, 1.54) is 24.6 Å². The number of aromatic carboxylic acids is 1. The van der Waals surface area contributed by atoms with E-state index in [1.54, 1.807) is 42.3 Å². The molecule has 2 heterocycles. The lowest BCUT2D eigenvalue weighted by Gasteiger charge is -2.17. The number of hydrogen-bond donors (Lipinski definition) is 1. The molecule has 42 heavy (non-hydrogen) atoms. The smallest absolute Gasteiger partial charge is 0.335 e. The molecule has 0 atom stereocenters. The van der Waals surface area contributed by atoms with Crippen molar-refractivity contribution in [3.8, 4) is 22.6 Å². The maximum absolute atomic E-state index is 13.5. The van der Waals surface area contributed by atoms with Crippen LogP contribution in [0.5, 0.6) is 11.5 Å². The number of ether oxygens (including phenoxy) is 2. The Morgan fingerprint density at radius 1 is 1.07 bits per heavy atom. The number of halogens is 1. The number of methoxy groups -OCH3 is 1.